The van der Waals surface area contributed by atoms with Crippen molar-refractivity contribution < 1.29 is 5.11 Å². The quantitative estimate of drug-likeness (QED) is 0.602. The highest BCUT2D eigenvalue weighted by Gasteiger charge is 2.11. The standard InChI is InChI=1S/C10H18O/c1-4-6-8-9(3)10(11)7-5-2/h2,9-11H,4,6-8H2,1,3H3. The summed E-state index contributed by atoms with van der Waals surface area (Å²) >= 11 is 0. The summed E-state index contributed by atoms with van der Waals surface area (Å²) in [5.74, 6) is 2.83. The summed E-state index contributed by atoms with van der Waals surface area (Å²) in [7, 11) is 0. The van der Waals surface area contributed by atoms with Crippen LogP contribution in [-0.4, -0.2) is 11.2 Å². The molecule has 0 aromatic heterocycles. The van der Waals surface area contributed by atoms with Crippen LogP contribution in [0.5, 0.6) is 0 Å². The lowest BCUT2D eigenvalue weighted by Crippen LogP contribution is -2.16. The third kappa shape index (κ3) is 4.86. The first-order chi connectivity index (χ1) is 5.22. The van der Waals surface area contributed by atoms with Gasteiger partial charge in [0.05, 0.1) is 6.10 Å². The highest BCUT2D eigenvalue weighted by molar-refractivity contribution is 4.88. The molecule has 64 valence electrons. The molecular weight excluding hydrogens is 136 g/mol. The van der Waals surface area contributed by atoms with Gasteiger partial charge in [-0.3, -0.25) is 0 Å². The Bertz CT molecular complexity index is 123. The largest absolute Gasteiger partial charge is 0.392 e. The Morgan fingerprint density at radius 1 is 1.55 bits per heavy atom. The predicted octanol–water partition coefficient (Wildman–Crippen LogP) is 2.20. The number of hydrogen-bond donors (Lipinski definition) is 1. The molecule has 0 heterocycles. The van der Waals surface area contributed by atoms with Gasteiger partial charge in [-0.2, -0.15) is 0 Å². The minimum atomic E-state index is -0.299. The van der Waals surface area contributed by atoms with E-state index in [1.165, 1.54) is 12.8 Å². The molecule has 0 aliphatic carbocycles. The van der Waals surface area contributed by atoms with Gasteiger partial charge in [-0.1, -0.05) is 26.7 Å². The molecular formula is C10H18O. The van der Waals surface area contributed by atoms with Crippen molar-refractivity contribution in [2.45, 2.75) is 45.6 Å². The second kappa shape index (κ2) is 6.24. The molecule has 0 aliphatic rings. The topological polar surface area (TPSA) is 20.2 Å². The second-order valence-electron chi connectivity index (χ2n) is 3.10. The van der Waals surface area contributed by atoms with Gasteiger partial charge in [0.15, 0.2) is 0 Å². The number of rotatable bonds is 5. The Labute approximate surface area is 69.8 Å². The lowest BCUT2D eigenvalue weighted by Gasteiger charge is -2.15. The number of hydrogen-bond acceptors (Lipinski definition) is 1. The van der Waals surface area contributed by atoms with E-state index in [4.69, 9.17) is 6.42 Å². The number of aliphatic hydroxyl groups excluding tert-OH is 1. The average molecular weight is 154 g/mol. The van der Waals surface area contributed by atoms with Crippen molar-refractivity contribution in [3.05, 3.63) is 0 Å². The molecule has 0 aromatic carbocycles. The summed E-state index contributed by atoms with van der Waals surface area (Å²) in [6.45, 7) is 4.21. The highest BCUT2D eigenvalue weighted by Crippen LogP contribution is 2.13. The molecule has 11 heavy (non-hydrogen) atoms. The zero-order valence-electron chi connectivity index (χ0n) is 7.51. The molecule has 0 radical (unpaired) electrons. The third-order valence-corrected chi connectivity index (χ3v) is 2.00. The van der Waals surface area contributed by atoms with Crippen LogP contribution in [0.3, 0.4) is 0 Å². The highest BCUT2D eigenvalue weighted by atomic mass is 16.3. The molecule has 0 amide bonds. The van der Waals surface area contributed by atoms with Crippen molar-refractivity contribution in [3.8, 4) is 12.3 Å². The van der Waals surface area contributed by atoms with Gasteiger partial charge in [0, 0.05) is 6.42 Å². The van der Waals surface area contributed by atoms with E-state index in [-0.39, 0.29) is 6.10 Å². The monoisotopic (exact) mass is 154 g/mol. The molecule has 1 heteroatoms. The molecule has 0 spiro atoms. The van der Waals surface area contributed by atoms with Crippen molar-refractivity contribution in [2.75, 3.05) is 0 Å². The van der Waals surface area contributed by atoms with E-state index >= 15 is 0 Å². The predicted molar refractivity (Wildman–Crippen MR) is 48.1 cm³/mol. The van der Waals surface area contributed by atoms with E-state index in [1.807, 2.05) is 0 Å². The first-order valence-corrected chi connectivity index (χ1v) is 4.33. The molecule has 1 N–H and O–H groups in total. The van der Waals surface area contributed by atoms with Gasteiger partial charge in [-0.25, -0.2) is 0 Å². The van der Waals surface area contributed by atoms with Crippen LogP contribution in [0.1, 0.15) is 39.5 Å². The van der Waals surface area contributed by atoms with Gasteiger partial charge in [-0.15, -0.1) is 12.3 Å². The Hall–Kier alpha value is -0.480. The van der Waals surface area contributed by atoms with Crippen molar-refractivity contribution >= 4 is 0 Å². The van der Waals surface area contributed by atoms with E-state index < -0.39 is 0 Å². The minimum Gasteiger partial charge on any atom is -0.392 e. The Morgan fingerprint density at radius 3 is 2.64 bits per heavy atom. The molecule has 1 nitrogen and oxygen atoms in total. The van der Waals surface area contributed by atoms with Crippen molar-refractivity contribution in [1.82, 2.24) is 0 Å². The molecule has 2 unspecified atom stereocenters. The average Bonchev–Trinajstić information content (AvgIpc) is 2.00. The maximum atomic E-state index is 9.40. The summed E-state index contributed by atoms with van der Waals surface area (Å²) in [4.78, 5) is 0. The van der Waals surface area contributed by atoms with E-state index in [0.29, 0.717) is 12.3 Å². The fourth-order valence-electron chi connectivity index (χ4n) is 1.04. The molecule has 0 aromatic rings. The molecule has 2 atom stereocenters. The van der Waals surface area contributed by atoms with Gasteiger partial charge in [0.2, 0.25) is 0 Å². The van der Waals surface area contributed by atoms with Gasteiger partial charge in [-0.05, 0) is 12.3 Å². The third-order valence-electron chi connectivity index (χ3n) is 2.00. The van der Waals surface area contributed by atoms with Crippen LogP contribution in [0.25, 0.3) is 0 Å². The van der Waals surface area contributed by atoms with Gasteiger partial charge >= 0.3 is 0 Å². The van der Waals surface area contributed by atoms with Gasteiger partial charge < -0.3 is 5.11 Å². The molecule has 0 saturated heterocycles. The fraction of sp³-hybridized carbons (Fsp3) is 0.800. The second-order valence-corrected chi connectivity index (χ2v) is 3.10. The van der Waals surface area contributed by atoms with Crippen LogP contribution >= 0.6 is 0 Å². The van der Waals surface area contributed by atoms with Crippen LogP contribution in [-0.2, 0) is 0 Å². The summed E-state index contributed by atoms with van der Waals surface area (Å²) in [6, 6.07) is 0. The van der Waals surface area contributed by atoms with Gasteiger partial charge in [0.1, 0.15) is 0 Å². The maximum Gasteiger partial charge on any atom is 0.0674 e. The summed E-state index contributed by atoms with van der Waals surface area (Å²) in [5.41, 5.74) is 0. The normalized spacial score (nSPS) is 15.5. The van der Waals surface area contributed by atoms with Crippen molar-refractivity contribution in [1.29, 1.82) is 0 Å². The van der Waals surface area contributed by atoms with Crippen LogP contribution in [0.15, 0.2) is 0 Å². The van der Waals surface area contributed by atoms with Crippen molar-refractivity contribution in [2.24, 2.45) is 5.92 Å². The van der Waals surface area contributed by atoms with Crippen LogP contribution in [0.2, 0.25) is 0 Å². The first-order valence-electron chi connectivity index (χ1n) is 4.33. The number of unbranched alkanes of at least 4 members (excludes halogenated alkanes) is 1. The van der Waals surface area contributed by atoms with Crippen LogP contribution < -0.4 is 0 Å². The SMILES string of the molecule is C#CCC(O)C(C)CCCC. The van der Waals surface area contributed by atoms with E-state index in [1.54, 1.807) is 0 Å². The number of aliphatic hydroxyl groups is 1. The molecule has 0 aliphatic heterocycles. The van der Waals surface area contributed by atoms with Crippen LogP contribution in [0, 0.1) is 18.3 Å². The Kier molecular flexibility index (Phi) is 5.97. The smallest absolute Gasteiger partial charge is 0.0674 e. The molecule has 0 bridgehead atoms. The molecule has 0 fully saturated rings. The summed E-state index contributed by atoms with van der Waals surface area (Å²) in [5, 5.41) is 9.40. The van der Waals surface area contributed by atoms with Gasteiger partial charge in [0.25, 0.3) is 0 Å². The van der Waals surface area contributed by atoms with E-state index in [2.05, 4.69) is 19.8 Å². The molecule has 0 rings (SSSR count). The first kappa shape index (κ1) is 10.5. The Balaban J connectivity index is 3.48. The molecule has 0 saturated carbocycles. The lowest BCUT2D eigenvalue weighted by molar-refractivity contribution is 0.115. The minimum absolute atomic E-state index is 0.299. The van der Waals surface area contributed by atoms with E-state index in [9.17, 15) is 5.11 Å². The Morgan fingerprint density at radius 2 is 2.18 bits per heavy atom. The lowest BCUT2D eigenvalue weighted by atomic mass is 9.96. The number of terminal acetylenes is 1. The zero-order chi connectivity index (χ0) is 8.69. The summed E-state index contributed by atoms with van der Waals surface area (Å²) in [6.07, 6.45) is 8.73. The van der Waals surface area contributed by atoms with Crippen LogP contribution in [0.4, 0.5) is 0 Å². The fourth-order valence-corrected chi connectivity index (χ4v) is 1.04. The zero-order valence-corrected chi connectivity index (χ0v) is 7.51. The maximum absolute atomic E-state index is 9.40. The van der Waals surface area contributed by atoms with E-state index in [0.717, 1.165) is 6.42 Å². The summed E-state index contributed by atoms with van der Waals surface area (Å²) < 4.78 is 0. The van der Waals surface area contributed by atoms with Crippen molar-refractivity contribution in [3.63, 3.8) is 0 Å².